The van der Waals surface area contributed by atoms with Crippen LogP contribution in [0.3, 0.4) is 0 Å². The molecule has 0 amide bonds. The van der Waals surface area contributed by atoms with Crippen LogP contribution in [0.4, 0.5) is 8.78 Å². The van der Waals surface area contributed by atoms with Gasteiger partial charge in [-0.15, -0.1) is 0 Å². The van der Waals surface area contributed by atoms with Gasteiger partial charge in [0.1, 0.15) is 0 Å². The first-order valence-corrected chi connectivity index (χ1v) is 4.91. The third-order valence-electron chi connectivity index (χ3n) is 2.22. The number of aliphatic hydroxyl groups is 1. The van der Waals surface area contributed by atoms with Crippen LogP contribution < -0.4 is 0 Å². The van der Waals surface area contributed by atoms with Crippen molar-refractivity contribution < 1.29 is 13.9 Å². The summed E-state index contributed by atoms with van der Waals surface area (Å²) in [5.41, 5.74) is -1.34. The van der Waals surface area contributed by atoms with Crippen LogP contribution in [0.15, 0.2) is 24.3 Å². The van der Waals surface area contributed by atoms with E-state index < -0.39 is 10.4 Å². The number of benzene rings is 1. The molecule has 0 aliphatic carbocycles. The summed E-state index contributed by atoms with van der Waals surface area (Å²) in [6.07, 6.45) is 0. The molecule has 0 aliphatic heterocycles. The molecule has 14 heavy (non-hydrogen) atoms. The predicted molar refractivity (Wildman–Crippen MR) is 54.6 cm³/mol. The average Bonchev–Trinajstić information content (AvgIpc) is 2.02. The van der Waals surface area contributed by atoms with Crippen LogP contribution in [0.25, 0.3) is 0 Å². The lowest BCUT2D eigenvalue weighted by Crippen LogP contribution is -2.38. The summed E-state index contributed by atoms with van der Waals surface area (Å²) in [5.74, 6) is 0. The van der Waals surface area contributed by atoms with E-state index in [1.54, 1.807) is 25.1 Å². The molecule has 1 aromatic rings. The Labute approximate surface area is 89.9 Å². The fourth-order valence-electron chi connectivity index (χ4n) is 1.27. The molecule has 0 radical (unpaired) electrons. The molecule has 0 saturated carbocycles. The summed E-state index contributed by atoms with van der Waals surface area (Å²) in [5, 5.41) is 9.71. The lowest BCUT2D eigenvalue weighted by Gasteiger charge is -2.29. The Morgan fingerprint density at radius 3 is 2.21 bits per heavy atom. The molecule has 4 heteroatoms. The highest BCUT2D eigenvalue weighted by Crippen LogP contribution is 2.42. The van der Waals surface area contributed by atoms with Gasteiger partial charge in [0.05, 0.1) is 0 Å². The number of hydrogen-bond donors (Lipinski definition) is 1. The lowest BCUT2D eigenvalue weighted by atomic mass is 9.92. The Morgan fingerprint density at radius 1 is 1.29 bits per heavy atom. The Balaban J connectivity index is 3.23. The molecule has 1 rings (SSSR count). The molecule has 0 saturated heterocycles. The SMILES string of the molecule is Cc1ccccc1C(C)(O)C(F)(F)Br. The predicted octanol–water partition coefficient (Wildman–Crippen LogP) is 3.19. The minimum Gasteiger partial charge on any atom is -0.378 e. The van der Waals surface area contributed by atoms with Crippen LogP contribution in [-0.4, -0.2) is 9.94 Å². The Kier molecular flexibility index (Phi) is 2.97. The van der Waals surface area contributed by atoms with Gasteiger partial charge in [0.15, 0.2) is 5.60 Å². The van der Waals surface area contributed by atoms with E-state index in [1.807, 2.05) is 0 Å². The zero-order valence-corrected chi connectivity index (χ0v) is 9.48. The molecule has 1 N–H and O–H groups in total. The minimum absolute atomic E-state index is 0.224. The summed E-state index contributed by atoms with van der Waals surface area (Å²) in [6, 6.07) is 6.53. The van der Waals surface area contributed by atoms with Gasteiger partial charge in [-0.1, -0.05) is 24.3 Å². The summed E-state index contributed by atoms with van der Waals surface area (Å²) in [6.45, 7) is 2.77. The lowest BCUT2D eigenvalue weighted by molar-refractivity contribution is -0.109. The third kappa shape index (κ3) is 1.96. The average molecular weight is 265 g/mol. The van der Waals surface area contributed by atoms with Crippen LogP contribution in [0, 0.1) is 6.92 Å². The van der Waals surface area contributed by atoms with Crippen molar-refractivity contribution in [1.29, 1.82) is 0 Å². The highest BCUT2D eigenvalue weighted by molar-refractivity contribution is 9.10. The minimum atomic E-state index is -3.34. The Bertz CT molecular complexity index is 331. The maximum absolute atomic E-state index is 13.0. The quantitative estimate of drug-likeness (QED) is 0.814. The number of hydrogen-bond acceptors (Lipinski definition) is 1. The van der Waals surface area contributed by atoms with Gasteiger partial charge in [-0.05, 0) is 40.9 Å². The standard InChI is InChI=1S/C10H11BrF2O/c1-7-5-3-4-6-8(7)9(2,14)10(11,12)13/h3-6,14H,1-2H3. The molecule has 0 spiro atoms. The number of aryl methyl sites for hydroxylation is 1. The molecule has 0 fully saturated rings. The van der Waals surface area contributed by atoms with Gasteiger partial charge < -0.3 is 5.11 Å². The maximum Gasteiger partial charge on any atom is 0.333 e. The van der Waals surface area contributed by atoms with Crippen LogP contribution in [0.5, 0.6) is 0 Å². The summed E-state index contributed by atoms with van der Waals surface area (Å²) in [4.78, 5) is -3.34. The van der Waals surface area contributed by atoms with Gasteiger partial charge in [0, 0.05) is 0 Å². The number of rotatable bonds is 2. The molecular formula is C10H11BrF2O. The number of alkyl halides is 3. The zero-order valence-electron chi connectivity index (χ0n) is 7.89. The first-order valence-electron chi connectivity index (χ1n) is 4.12. The van der Waals surface area contributed by atoms with Gasteiger partial charge in [-0.3, -0.25) is 0 Å². The van der Waals surface area contributed by atoms with Crippen molar-refractivity contribution in [2.24, 2.45) is 0 Å². The second-order valence-electron chi connectivity index (χ2n) is 3.38. The molecule has 0 aliphatic rings. The molecular weight excluding hydrogens is 254 g/mol. The van der Waals surface area contributed by atoms with Gasteiger partial charge in [-0.2, -0.15) is 8.78 Å². The molecule has 0 heterocycles. The topological polar surface area (TPSA) is 20.2 Å². The largest absolute Gasteiger partial charge is 0.378 e. The van der Waals surface area contributed by atoms with E-state index in [0.29, 0.717) is 5.56 Å². The first kappa shape index (κ1) is 11.6. The van der Waals surface area contributed by atoms with E-state index in [2.05, 4.69) is 15.9 Å². The summed E-state index contributed by atoms with van der Waals surface area (Å²) in [7, 11) is 0. The molecule has 1 atom stereocenters. The molecule has 0 aromatic heterocycles. The highest BCUT2D eigenvalue weighted by Gasteiger charge is 2.48. The number of halogens is 3. The molecule has 78 valence electrons. The Morgan fingerprint density at radius 2 is 1.79 bits per heavy atom. The molecule has 1 aromatic carbocycles. The first-order chi connectivity index (χ1) is 6.27. The van der Waals surface area contributed by atoms with E-state index in [1.165, 1.54) is 6.07 Å². The molecule has 1 unspecified atom stereocenters. The van der Waals surface area contributed by atoms with E-state index in [9.17, 15) is 13.9 Å². The fraction of sp³-hybridized carbons (Fsp3) is 0.400. The monoisotopic (exact) mass is 264 g/mol. The van der Waals surface area contributed by atoms with E-state index in [0.717, 1.165) is 6.92 Å². The molecule has 0 bridgehead atoms. The third-order valence-corrected chi connectivity index (χ3v) is 2.99. The van der Waals surface area contributed by atoms with Crippen molar-refractivity contribution in [2.75, 3.05) is 0 Å². The Hall–Kier alpha value is -0.480. The summed E-state index contributed by atoms with van der Waals surface area (Å²) < 4.78 is 26.1. The summed E-state index contributed by atoms with van der Waals surface area (Å²) >= 11 is 2.19. The fourth-order valence-corrected chi connectivity index (χ4v) is 1.49. The highest BCUT2D eigenvalue weighted by atomic mass is 79.9. The van der Waals surface area contributed by atoms with Gasteiger partial charge in [-0.25, -0.2) is 0 Å². The smallest absolute Gasteiger partial charge is 0.333 e. The second-order valence-corrected chi connectivity index (χ2v) is 4.38. The maximum atomic E-state index is 13.0. The van der Waals surface area contributed by atoms with Gasteiger partial charge in [0.2, 0.25) is 0 Å². The van der Waals surface area contributed by atoms with E-state index >= 15 is 0 Å². The zero-order chi connectivity index (χ0) is 11.0. The van der Waals surface area contributed by atoms with E-state index in [-0.39, 0.29) is 5.56 Å². The molecule has 1 nitrogen and oxygen atoms in total. The normalized spacial score (nSPS) is 16.4. The van der Waals surface area contributed by atoms with Crippen LogP contribution in [0.2, 0.25) is 0 Å². The van der Waals surface area contributed by atoms with E-state index in [4.69, 9.17) is 0 Å². The van der Waals surface area contributed by atoms with Crippen LogP contribution in [-0.2, 0) is 5.60 Å². The van der Waals surface area contributed by atoms with Crippen molar-refractivity contribution in [2.45, 2.75) is 24.3 Å². The van der Waals surface area contributed by atoms with Crippen molar-refractivity contribution in [3.8, 4) is 0 Å². The van der Waals surface area contributed by atoms with Gasteiger partial charge >= 0.3 is 4.83 Å². The van der Waals surface area contributed by atoms with Crippen LogP contribution in [0.1, 0.15) is 18.1 Å². The van der Waals surface area contributed by atoms with Crippen molar-refractivity contribution in [3.63, 3.8) is 0 Å². The van der Waals surface area contributed by atoms with Crippen molar-refractivity contribution in [1.82, 2.24) is 0 Å². The van der Waals surface area contributed by atoms with Crippen LogP contribution >= 0.6 is 15.9 Å². The van der Waals surface area contributed by atoms with Gasteiger partial charge in [0.25, 0.3) is 0 Å². The second kappa shape index (κ2) is 3.59. The van der Waals surface area contributed by atoms with Crippen molar-refractivity contribution in [3.05, 3.63) is 35.4 Å². The van der Waals surface area contributed by atoms with Crippen molar-refractivity contribution >= 4 is 15.9 Å².